The lowest BCUT2D eigenvalue weighted by Crippen LogP contribution is -2.41. The van der Waals surface area contributed by atoms with Crippen LogP contribution in [-0.2, 0) is 0 Å². The van der Waals surface area contributed by atoms with E-state index in [1.807, 2.05) is 0 Å². The number of ether oxygens (including phenoxy) is 1. The van der Waals surface area contributed by atoms with Gasteiger partial charge in [0.15, 0.2) is 0 Å². The Labute approximate surface area is 131 Å². The summed E-state index contributed by atoms with van der Waals surface area (Å²) in [4.78, 5) is 23.7. The highest BCUT2D eigenvalue weighted by atomic mass is 35.5. The lowest BCUT2D eigenvalue weighted by molar-refractivity contribution is 0.0845. The Balaban J connectivity index is 2.00. The zero-order valence-corrected chi connectivity index (χ0v) is 12.3. The van der Waals surface area contributed by atoms with Crippen LogP contribution in [0.5, 0.6) is 11.5 Å². The second kappa shape index (κ2) is 6.82. The molecule has 2 amide bonds. The van der Waals surface area contributed by atoms with E-state index in [4.69, 9.17) is 16.3 Å². The van der Waals surface area contributed by atoms with E-state index >= 15 is 0 Å². The highest BCUT2D eigenvalue weighted by Gasteiger charge is 2.13. The number of hydrogen-bond donors (Lipinski definition) is 3. The second-order valence-corrected chi connectivity index (χ2v) is 4.73. The van der Waals surface area contributed by atoms with Crippen LogP contribution in [0.15, 0.2) is 42.5 Å². The number of halogens is 1. The summed E-state index contributed by atoms with van der Waals surface area (Å²) in [5.74, 6) is -0.989. The Morgan fingerprint density at radius 3 is 2.27 bits per heavy atom. The van der Waals surface area contributed by atoms with Gasteiger partial charge < -0.3 is 9.84 Å². The van der Waals surface area contributed by atoms with Crippen LogP contribution >= 0.6 is 11.6 Å². The second-order valence-electron chi connectivity index (χ2n) is 4.30. The lowest BCUT2D eigenvalue weighted by Gasteiger charge is -2.09. The molecule has 6 nitrogen and oxygen atoms in total. The molecule has 0 aliphatic rings. The summed E-state index contributed by atoms with van der Waals surface area (Å²) in [7, 11) is 1.45. The fourth-order valence-electron chi connectivity index (χ4n) is 1.68. The standard InChI is InChI=1S/C15H13ClN2O4/c1-22-11-6-7-12(13(19)8-11)15(21)18-17-14(20)9-2-4-10(16)5-3-9/h2-8,19H,1H3,(H,17,20)(H,18,21). The first-order valence-electron chi connectivity index (χ1n) is 6.24. The molecule has 0 fully saturated rings. The number of carbonyl (C=O) groups is 2. The molecule has 3 N–H and O–H groups in total. The molecule has 0 saturated heterocycles. The first-order valence-corrected chi connectivity index (χ1v) is 6.62. The number of carbonyl (C=O) groups excluding carboxylic acids is 2. The minimum atomic E-state index is -0.650. The van der Waals surface area contributed by atoms with Crippen molar-refractivity contribution in [3.63, 3.8) is 0 Å². The van der Waals surface area contributed by atoms with Crippen LogP contribution in [0.1, 0.15) is 20.7 Å². The Morgan fingerprint density at radius 2 is 1.68 bits per heavy atom. The molecule has 0 aliphatic carbocycles. The highest BCUT2D eigenvalue weighted by Crippen LogP contribution is 2.23. The summed E-state index contributed by atoms with van der Waals surface area (Å²) in [6, 6.07) is 10.4. The number of methoxy groups -OCH3 is 1. The predicted molar refractivity (Wildman–Crippen MR) is 81.0 cm³/mol. The summed E-state index contributed by atoms with van der Waals surface area (Å²) < 4.78 is 4.92. The van der Waals surface area contributed by atoms with Gasteiger partial charge in [-0.05, 0) is 36.4 Å². The molecule has 0 saturated carbocycles. The van der Waals surface area contributed by atoms with E-state index in [1.54, 1.807) is 12.1 Å². The van der Waals surface area contributed by atoms with Crippen molar-refractivity contribution < 1.29 is 19.4 Å². The molecule has 7 heteroatoms. The first kappa shape index (κ1) is 15.7. The third-order valence-corrected chi connectivity index (χ3v) is 3.10. The zero-order valence-electron chi connectivity index (χ0n) is 11.6. The maximum absolute atomic E-state index is 11.9. The van der Waals surface area contributed by atoms with Crippen molar-refractivity contribution in [3.05, 3.63) is 58.6 Å². The molecule has 0 bridgehead atoms. The lowest BCUT2D eigenvalue weighted by atomic mass is 10.2. The van der Waals surface area contributed by atoms with Gasteiger partial charge in [0.2, 0.25) is 0 Å². The van der Waals surface area contributed by atoms with Crippen molar-refractivity contribution in [2.75, 3.05) is 7.11 Å². The minimum Gasteiger partial charge on any atom is -0.507 e. The van der Waals surface area contributed by atoms with E-state index in [9.17, 15) is 14.7 Å². The smallest absolute Gasteiger partial charge is 0.273 e. The van der Waals surface area contributed by atoms with Crippen LogP contribution in [0, 0.1) is 0 Å². The van der Waals surface area contributed by atoms with E-state index in [2.05, 4.69) is 10.9 Å². The van der Waals surface area contributed by atoms with Gasteiger partial charge in [-0.1, -0.05) is 11.6 Å². The highest BCUT2D eigenvalue weighted by molar-refractivity contribution is 6.30. The van der Waals surface area contributed by atoms with Crippen molar-refractivity contribution in [1.82, 2.24) is 10.9 Å². The average Bonchev–Trinajstić information content (AvgIpc) is 2.52. The maximum Gasteiger partial charge on any atom is 0.273 e. The van der Waals surface area contributed by atoms with Gasteiger partial charge in [-0.2, -0.15) is 0 Å². The third kappa shape index (κ3) is 3.67. The Hall–Kier alpha value is -2.73. The normalized spacial score (nSPS) is 9.91. The molecular formula is C15H13ClN2O4. The molecular weight excluding hydrogens is 308 g/mol. The Morgan fingerprint density at radius 1 is 1.05 bits per heavy atom. The van der Waals surface area contributed by atoms with Crippen LogP contribution < -0.4 is 15.6 Å². The van der Waals surface area contributed by atoms with Crippen LogP contribution in [-0.4, -0.2) is 24.0 Å². The van der Waals surface area contributed by atoms with Gasteiger partial charge in [0.1, 0.15) is 11.5 Å². The number of hydrazine groups is 1. The molecule has 0 aliphatic heterocycles. The molecule has 114 valence electrons. The van der Waals surface area contributed by atoms with Gasteiger partial charge in [-0.15, -0.1) is 0 Å². The van der Waals surface area contributed by atoms with Crippen molar-refractivity contribution in [2.45, 2.75) is 0 Å². The molecule has 0 spiro atoms. The largest absolute Gasteiger partial charge is 0.507 e. The number of phenolic OH excluding ortho intramolecular Hbond substituents is 1. The summed E-state index contributed by atoms with van der Waals surface area (Å²) in [6.07, 6.45) is 0. The number of nitrogens with one attached hydrogen (secondary N) is 2. The fraction of sp³-hybridized carbons (Fsp3) is 0.0667. The molecule has 0 aromatic heterocycles. The summed E-state index contributed by atoms with van der Waals surface area (Å²) in [6.45, 7) is 0. The number of aromatic hydroxyl groups is 1. The van der Waals surface area contributed by atoms with E-state index in [0.29, 0.717) is 16.3 Å². The quantitative estimate of drug-likeness (QED) is 0.756. The molecule has 0 unspecified atom stereocenters. The zero-order chi connectivity index (χ0) is 16.1. The molecule has 0 atom stereocenters. The van der Waals surface area contributed by atoms with Gasteiger partial charge in [0, 0.05) is 16.7 Å². The SMILES string of the molecule is COc1ccc(C(=O)NNC(=O)c2ccc(Cl)cc2)c(O)c1. The Bertz CT molecular complexity index is 701. The maximum atomic E-state index is 11.9. The van der Waals surface area contributed by atoms with Gasteiger partial charge in [-0.25, -0.2) is 0 Å². The minimum absolute atomic E-state index is 0.0113. The van der Waals surface area contributed by atoms with Gasteiger partial charge in [-0.3, -0.25) is 20.4 Å². The number of phenols is 1. The monoisotopic (exact) mass is 320 g/mol. The van der Waals surface area contributed by atoms with Gasteiger partial charge in [0.25, 0.3) is 11.8 Å². The Kier molecular flexibility index (Phi) is 4.85. The summed E-state index contributed by atoms with van der Waals surface area (Å²) >= 11 is 5.73. The average molecular weight is 321 g/mol. The van der Waals surface area contributed by atoms with E-state index in [-0.39, 0.29) is 11.3 Å². The van der Waals surface area contributed by atoms with E-state index < -0.39 is 11.8 Å². The van der Waals surface area contributed by atoms with Crippen LogP contribution in [0.4, 0.5) is 0 Å². The van der Waals surface area contributed by atoms with E-state index in [1.165, 1.54) is 37.4 Å². The summed E-state index contributed by atoms with van der Waals surface area (Å²) in [5, 5.41) is 10.2. The number of hydrogen-bond acceptors (Lipinski definition) is 4. The molecule has 22 heavy (non-hydrogen) atoms. The third-order valence-electron chi connectivity index (χ3n) is 2.85. The van der Waals surface area contributed by atoms with Crippen molar-refractivity contribution in [1.29, 1.82) is 0 Å². The van der Waals surface area contributed by atoms with Crippen LogP contribution in [0.2, 0.25) is 5.02 Å². The molecule has 2 aromatic carbocycles. The van der Waals surface area contributed by atoms with Crippen LogP contribution in [0.25, 0.3) is 0 Å². The number of benzene rings is 2. The number of amides is 2. The number of rotatable bonds is 3. The van der Waals surface area contributed by atoms with Crippen molar-refractivity contribution in [3.8, 4) is 11.5 Å². The van der Waals surface area contributed by atoms with Crippen LogP contribution in [0.3, 0.4) is 0 Å². The molecule has 2 aromatic rings. The van der Waals surface area contributed by atoms with E-state index in [0.717, 1.165) is 0 Å². The molecule has 0 heterocycles. The summed E-state index contributed by atoms with van der Waals surface area (Å²) in [5.41, 5.74) is 4.81. The molecule has 0 radical (unpaired) electrons. The van der Waals surface area contributed by atoms with Gasteiger partial charge >= 0.3 is 0 Å². The topological polar surface area (TPSA) is 87.7 Å². The van der Waals surface area contributed by atoms with Crippen molar-refractivity contribution in [2.24, 2.45) is 0 Å². The first-order chi connectivity index (χ1) is 10.5. The molecule has 2 rings (SSSR count). The van der Waals surface area contributed by atoms with Crippen molar-refractivity contribution >= 4 is 23.4 Å². The van der Waals surface area contributed by atoms with Gasteiger partial charge in [0.05, 0.1) is 12.7 Å². The predicted octanol–water partition coefficient (Wildman–Crippen LogP) is 2.13. The fourth-order valence-corrected chi connectivity index (χ4v) is 1.81.